The van der Waals surface area contributed by atoms with E-state index in [9.17, 15) is 9.59 Å². The molecule has 1 aliphatic heterocycles. The number of anilines is 1. The molecular formula is C21H19ClN4O2S. The van der Waals surface area contributed by atoms with Crippen molar-refractivity contribution in [3.8, 4) is 5.69 Å². The molecule has 0 N–H and O–H groups in total. The fraction of sp³-hybridized carbons (Fsp3) is 0.190. The quantitative estimate of drug-likeness (QED) is 0.600. The Morgan fingerprint density at radius 2 is 1.86 bits per heavy atom. The topological polar surface area (TPSA) is 58.4 Å². The number of carbonyl (C=O) groups excluding carboxylic acids is 1. The van der Waals surface area contributed by atoms with Crippen LogP contribution in [0.3, 0.4) is 0 Å². The molecule has 6 nitrogen and oxygen atoms in total. The van der Waals surface area contributed by atoms with Gasteiger partial charge in [0.2, 0.25) is 5.91 Å². The van der Waals surface area contributed by atoms with Crippen LogP contribution in [0.25, 0.3) is 11.8 Å². The molecule has 3 aromatic rings. The summed E-state index contributed by atoms with van der Waals surface area (Å²) >= 11 is 7.98. The van der Waals surface area contributed by atoms with Crippen LogP contribution >= 0.6 is 22.9 Å². The number of para-hydroxylation sites is 1. The predicted molar refractivity (Wildman–Crippen MR) is 117 cm³/mol. The van der Waals surface area contributed by atoms with Gasteiger partial charge in [0.1, 0.15) is 5.02 Å². The monoisotopic (exact) mass is 426 g/mol. The second-order valence-electron chi connectivity index (χ2n) is 6.60. The van der Waals surface area contributed by atoms with Crippen molar-refractivity contribution in [2.75, 3.05) is 31.1 Å². The number of hydrogen-bond donors (Lipinski definition) is 0. The van der Waals surface area contributed by atoms with Crippen molar-refractivity contribution in [1.29, 1.82) is 0 Å². The molecule has 1 fully saturated rings. The van der Waals surface area contributed by atoms with Crippen LogP contribution in [0.15, 0.2) is 64.2 Å². The van der Waals surface area contributed by atoms with E-state index in [0.717, 1.165) is 5.56 Å². The number of aromatic nitrogens is 2. The summed E-state index contributed by atoms with van der Waals surface area (Å²) in [5.74, 6) is -0.0143. The van der Waals surface area contributed by atoms with Gasteiger partial charge >= 0.3 is 0 Å². The fourth-order valence-corrected chi connectivity index (χ4v) is 4.09. The van der Waals surface area contributed by atoms with E-state index in [2.05, 4.69) is 5.10 Å². The van der Waals surface area contributed by atoms with E-state index in [4.69, 9.17) is 11.6 Å². The molecule has 8 heteroatoms. The van der Waals surface area contributed by atoms with Crippen LogP contribution < -0.4 is 10.5 Å². The molecule has 2 aromatic heterocycles. The molecule has 29 heavy (non-hydrogen) atoms. The van der Waals surface area contributed by atoms with Gasteiger partial charge in [-0.25, -0.2) is 0 Å². The fourth-order valence-electron chi connectivity index (χ4n) is 3.21. The Morgan fingerprint density at radius 1 is 1.10 bits per heavy atom. The van der Waals surface area contributed by atoms with Gasteiger partial charge in [-0.2, -0.15) is 21.1 Å². The Bertz CT molecular complexity index is 1070. The molecule has 0 radical (unpaired) electrons. The van der Waals surface area contributed by atoms with Crippen molar-refractivity contribution in [2.24, 2.45) is 0 Å². The summed E-state index contributed by atoms with van der Waals surface area (Å²) in [6.07, 6.45) is 5.05. The predicted octanol–water partition coefficient (Wildman–Crippen LogP) is 3.31. The number of hydrogen-bond acceptors (Lipinski definition) is 5. The molecule has 3 heterocycles. The normalized spacial score (nSPS) is 14.5. The van der Waals surface area contributed by atoms with Crippen LogP contribution in [0, 0.1) is 0 Å². The van der Waals surface area contributed by atoms with Crippen LogP contribution in [0.2, 0.25) is 5.02 Å². The largest absolute Gasteiger partial charge is 0.365 e. The van der Waals surface area contributed by atoms with Gasteiger partial charge in [-0.15, -0.1) is 0 Å². The molecule has 4 rings (SSSR count). The third-order valence-electron chi connectivity index (χ3n) is 4.79. The van der Waals surface area contributed by atoms with E-state index in [1.807, 2.05) is 46.0 Å². The van der Waals surface area contributed by atoms with Crippen LogP contribution in [0.4, 0.5) is 5.69 Å². The molecule has 0 spiro atoms. The lowest BCUT2D eigenvalue weighted by Crippen LogP contribution is -2.48. The van der Waals surface area contributed by atoms with Gasteiger partial charge < -0.3 is 9.80 Å². The summed E-state index contributed by atoms with van der Waals surface area (Å²) in [5, 5.41) is 8.40. The van der Waals surface area contributed by atoms with Crippen molar-refractivity contribution in [1.82, 2.24) is 14.7 Å². The van der Waals surface area contributed by atoms with Crippen LogP contribution in [0.1, 0.15) is 5.56 Å². The van der Waals surface area contributed by atoms with Crippen molar-refractivity contribution >= 4 is 40.6 Å². The van der Waals surface area contributed by atoms with Crippen molar-refractivity contribution in [3.05, 3.63) is 80.4 Å². The van der Waals surface area contributed by atoms with Gasteiger partial charge in [0.15, 0.2) is 0 Å². The number of amides is 1. The molecule has 1 aromatic carbocycles. The standard InChI is InChI=1S/C21H19ClN4O2S/c22-20-18(14-23-26(21(20)28)17-4-2-1-3-5-17)24-9-11-25(12-10-24)19(27)7-6-16-8-13-29-15-16/h1-8,13-15H,9-12H2. The average Bonchev–Trinajstić information content (AvgIpc) is 3.28. The summed E-state index contributed by atoms with van der Waals surface area (Å²) < 4.78 is 1.29. The maximum absolute atomic E-state index is 12.7. The first-order valence-electron chi connectivity index (χ1n) is 9.21. The summed E-state index contributed by atoms with van der Waals surface area (Å²) in [4.78, 5) is 28.9. The van der Waals surface area contributed by atoms with Crippen LogP contribution in [-0.4, -0.2) is 46.8 Å². The lowest BCUT2D eigenvalue weighted by atomic mass is 10.2. The zero-order chi connectivity index (χ0) is 20.2. The molecule has 0 unspecified atom stereocenters. The molecule has 1 amide bonds. The maximum Gasteiger partial charge on any atom is 0.292 e. The summed E-state index contributed by atoms with van der Waals surface area (Å²) in [6, 6.07) is 11.1. The highest BCUT2D eigenvalue weighted by molar-refractivity contribution is 7.08. The summed E-state index contributed by atoms with van der Waals surface area (Å²) in [7, 11) is 0. The van der Waals surface area contributed by atoms with Gasteiger partial charge in [-0.3, -0.25) is 9.59 Å². The van der Waals surface area contributed by atoms with Crippen LogP contribution in [0.5, 0.6) is 0 Å². The molecule has 148 valence electrons. The second kappa shape index (κ2) is 8.63. The van der Waals surface area contributed by atoms with Gasteiger partial charge in [-0.1, -0.05) is 29.8 Å². The lowest BCUT2D eigenvalue weighted by Gasteiger charge is -2.35. The third-order valence-corrected chi connectivity index (χ3v) is 5.85. The SMILES string of the molecule is O=C(C=Cc1ccsc1)N1CCN(c2cnn(-c3ccccc3)c(=O)c2Cl)CC1. The van der Waals surface area contributed by atoms with E-state index < -0.39 is 0 Å². The Kier molecular flexibility index (Phi) is 5.78. The minimum absolute atomic E-state index is 0.0143. The summed E-state index contributed by atoms with van der Waals surface area (Å²) in [5.41, 5.74) is 1.94. The molecule has 0 saturated carbocycles. The smallest absolute Gasteiger partial charge is 0.292 e. The minimum Gasteiger partial charge on any atom is -0.365 e. The molecular weight excluding hydrogens is 408 g/mol. The van der Waals surface area contributed by atoms with E-state index in [-0.39, 0.29) is 16.5 Å². The zero-order valence-electron chi connectivity index (χ0n) is 15.6. The molecule has 1 aliphatic rings. The number of nitrogens with zero attached hydrogens (tertiary/aromatic N) is 4. The summed E-state index contributed by atoms with van der Waals surface area (Å²) in [6.45, 7) is 2.30. The Hall–Kier alpha value is -2.90. The van der Waals surface area contributed by atoms with Gasteiger partial charge in [0.05, 0.1) is 17.6 Å². The van der Waals surface area contributed by atoms with Crippen LogP contribution in [-0.2, 0) is 4.79 Å². The maximum atomic E-state index is 12.7. The van der Waals surface area contributed by atoms with Gasteiger partial charge in [0, 0.05) is 32.3 Å². The number of carbonyl (C=O) groups is 1. The number of rotatable bonds is 4. The highest BCUT2D eigenvalue weighted by Crippen LogP contribution is 2.23. The van der Waals surface area contributed by atoms with E-state index in [1.165, 1.54) is 4.68 Å². The number of benzene rings is 1. The molecule has 0 aliphatic carbocycles. The second-order valence-corrected chi connectivity index (χ2v) is 7.76. The minimum atomic E-state index is -0.354. The van der Waals surface area contributed by atoms with E-state index >= 15 is 0 Å². The van der Waals surface area contributed by atoms with Crippen molar-refractivity contribution in [3.63, 3.8) is 0 Å². The Balaban J connectivity index is 1.44. The Morgan fingerprint density at radius 3 is 2.55 bits per heavy atom. The molecule has 0 atom stereocenters. The Labute approximate surface area is 177 Å². The highest BCUT2D eigenvalue weighted by atomic mass is 35.5. The first-order chi connectivity index (χ1) is 14.1. The van der Waals surface area contributed by atoms with E-state index in [1.54, 1.807) is 40.6 Å². The zero-order valence-corrected chi connectivity index (χ0v) is 17.1. The van der Waals surface area contributed by atoms with Gasteiger partial charge in [-0.05, 0) is 40.6 Å². The van der Waals surface area contributed by atoms with Gasteiger partial charge in [0.25, 0.3) is 5.56 Å². The number of halogens is 1. The first-order valence-corrected chi connectivity index (χ1v) is 10.5. The lowest BCUT2D eigenvalue weighted by molar-refractivity contribution is -0.126. The molecule has 1 saturated heterocycles. The molecule has 0 bridgehead atoms. The van der Waals surface area contributed by atoms with Crippen molar-refractivity contribution < 1.29 is 4.79 Å². The first kappa shape index (κ1) is 19.4. The number of thiophene rings is 1. The third kappa shape index (κ3) is 4.26. The average molecular weight is 427 g/mol. The van der Waals surface area contributed by atoms with E-state index in [0.29, 0.717) is 37.6 Å². The number of piperazine rings is 1. The highest BCUT2D eigenvalue weighted by Gasteiger charge is 2.23. The van der Waals surface area contributed by atoms with Crippen molar-refractivity contribution in [2.45, 2.75) is 0 Å².